The third-order valence-corrected chi connectivity index (χ3v) is 5.25. The van der Waals surface area contributed by atoms with Crippen LogP contribution in [0.3, 0.4) is 0 Å². The van der Waals surface area contributed by atoms with Crippen molar-refractivity contribution in [2.45, 2.75) is 25.2 Å². The van der Waals surface area contributed by atoms with Gasteiger partial charge in [-0.25, -0.2) is 8.42 Å². The fourth-order valence-electron chi connectivity index (χ4n) is 2.45. The second kappa shape index (κ2) is 8.78. The average Bonchev–Trinajstić information content (AvgIpc) is 3.11. The van der Waals surface area contributed by atoms with Gasteiger partial charge in [0.15, 0.2) is 5.82 Å². The molecular formula is C20H21N3O5S. The van der Waals surface area contributed by atoms with E-state index in [1.54, 1.807) is 31.2 Å². The average molecular weight is 415 g/mol. The highest BCUT2D eigenvalue weighted by Gasteiger charge is 2.16. The Hall–Kier alpha value is -3.33. The van der Waals surface area contributed by atoms with Gasteiger partial charge in [-0.15, -0.1) is 0 Å². The number of aryl methyl sites for hydroxylation is 1. The molecule has 1 heterocycles. The van der Waals surface area contributed by atoms with Gasteiger partial charge in [0.1, 0.15) is 11.5 Å². The Morgan fingerprint density at radius 2 is 1.79 bits per heavy atom. The van der Waals surface area contributed by atoms with Gasteiger partial charge in [0, 0.05) is 17.3 Å². The highest BCUT2D eigenvalue weighted by molar-refractivity contribution is 7.92. The van der Waals surface area contributed by atoms with Gasteiger partial charge in [-0.05, 0) is 61.9 Å². The SMILES string of the molecule is CCCOc1ccc(C(=O)Nc2ccc(S(=O)(=O)Nc3cc(C)on3)cc2)cc1. The molecule has 8 nitrogen and oxygen atoms in total. The summed E-state index contributed by atoms with van der Waals surface area (Å²) in [6.07, 6.45) is 0.904. The molecule has 0 radical (unpaired) electrons. The Labute approximate surface area is 168 Å². The van der Waals surface area contributed by atoms with E-state index in [0.29, 0.717) is 29.4 Å². The second-order valence-corrected chi connectivity index (χ2v) is 7.96. The zero-order chi connectivity index (χ0) is 20.9. The molecule has 0 aliphatic heterocycles. The van der Waals surface area contributed by atoms with Gasteiger partial charge in [-0.3, -0.25) is 9.52 Å². The number of nitrogens with zero attached hydrogens (tertiary/aromatic N) is 1. The molecule has 0 spiro atoms. The lowest BCUT2D eigenvalue weighted by atomic mass is 10.2. The highest BCUT2D eigenvalue weighted by atomic mass is 32.2. The Balaban J connectivity index is 1.64. The van der Waals surface area contributed by atoms with E-state index >= 15 is 0 Å². The summed E-state index contributed by atoms with van der Waals surface area (Å²) in [5.74, 6) is 0.989. The zero-order valence-corrected chi connectivity index (χ0v) is 16.8. The molecule has 3 rings (SSSR count). The molecule has 0 aliphatic carbocycles. The lowest BCUT2D eigenvalue weighted by molar-refractivity contribution is 0.102. The molecule has 0 bridgehead atoms. The minimum atomic E-state index is -3.81. The van der Waals surface area contributed by atoms with Crippen molar-refractivity contribution in [3.8, 4) is 5.75 Å². The first-order valence-corrected chi connectivity index (χ1v) is 10.5. The van der Waals surface area contributed by atoms with Crippen LogP contribution < -0.4 is 14.8 Å². The zero-order valence-electron chi connectivity index (χ0n) is 16.0. The summed E-state index contributed by atoms with van der Waals surface area (Å²) < 4.78 is 37.4. The maximum atomic E-state index is 12.4. The first kappa shape index (κ1) is 20.4. The van der Waals surface area contributed by atoms with Gasteiger partial charge in [0.2, 0.25) is 0 Å². The fraction of sp³-hybridized carbons (Fsp3) is 0.200. The number of aromatic nitrogens is 1. The van der Waals surface area contributed by atoms with Crippen LogP contribution in [0.1, 0.15) is 29.5 Å². The van der Waals surface area contributed by atoms with E-state index in [1.165, 1.54) is 30.3 Å². The molecule has 1 aromatic heterocycles. The number of hydrogen-bond donors (Lipinski definition) is 2. The molecule has 3 aromatic rings. The summed E-state index contributed by atoms with van der Waals surface area (Å²) in [7, 11) is -3.81. The number of carbonyl (C=O) groups excluding carboxylic acids is 1. The summed E-state index contributed by atoms with van der Waals surface area (Å²) in [4.78, 5) is 12.4. The number of sulfonamides is 1. The smallest absolute Gasteiger partial charge is 0.263 e. The van der Waals surface area contributed by atoms with Gasteiger partial charge >= 0.3 is 0 Å². The summed E-state index contributed by atoms with van der Waals surface area (Å²) in [5.41, 5.74) is 0.936. The third kappa shape index (κ3) is 5.35. The molecule has 0 atom stereocenters. The van der Waals surface area contributed by atoms with Gasteiger partial charge in [0.25, 0.3) is 15.9 Å². The van der Waals surface area contributed by atoms with E-state index < -0.39 is 10.0 Å². The number of hydrogen-bond acceptors (Lipinski definition) is 6. The Morgan fingerprint density at radius 1 is 1.10 bits per heavy atom. The molecule has 9 heteroatoms. The minimum absolute atomic E-state index is 0.0357. The van der Waals surface area contributed by atoms with Crippen LogP contribution in [-0.4, -0.2) is 26.1 Å². The van der Waals surface area contributed by atoms with Crippen molar-refractivity contribution in [3.05, 3.63) is 65.9 Å². The summed E-state index contributed by atoms with van der Waals surface area (Å²) in [6, 6.07) is 14.1. The minimum Gasteiger partial charge on any atom is -0.494 e. The number of anilines is 2. The maximum absolute atomic E-state index is 12.4. The van der Waals surface area contributed by atoms with E-state index in [1.807, 2.05) is 6.92 Å². The molecule has 2 N–H and O–H groups in total. The molecule has 0 aliphatic rings. The van der Waals surface area contributed by atoms with Crippen molar-refractivity contribution >= 4 is 27.4 Å². The van der Waals surface area contributed by atoms with E-state index in [2.05, 4.69) is 15.2 Å². The van der Waals surface area contributed by atoms with Crippen LogP contribution in [-0.2, 0) is 10.0 Å². The first-order valence-electron chi connectivity index (χ1n) is 8.98. The van der Waals surface area contributed by atoms with Crippen molar-refractivity contribution in [1.82, 2.24) is 5.16 Å². The summed E-state index contributed by atoms with van der Waals surface area (Å²) >= 11 is 0. The van der Waals surface area contributed by atoms with Crippen molar-refractivity contribution in [3.63, 3.8) is 0 Å². The molecule has 0 saturated carbocycles. The van der Waals surface area contributed by atoms with Gasteiger partial charge in [-0.1, -0.05) is 12.1 Å². The Morgan fingerprint density at radius 3 is 2.38 bits per heavy atom. The van der Waals surface area contributed by atoms with Crippen molar-refractivity contribution < 1.29 is 22.5 Å². The Kier molecular flexibility index (Phi) is 6.18. The number of nitrogens with one attached hydrogen (secondary N) is 2. The van der Waals surface area contributed by atoms with Crippen molar-refractivity contribution in [2.75, 3.05) is 16.6 Å². The molecule has 1 amide bonds. The molecular weight excluding hydrogens is 394 g/mol. The third-order valence-electron chi connectivity index (χ3n) is 3.88. The van der Waals surface area contributed by atoms with Gasteiger partial charge in [-0.2, -0.15) is 0 Å². The van der Waals surface area contributed by atoms with Crippen LogP contribution in [0.2, 0.25) is 0 Å². The summed E-state index contributed by atoms with van der Waals surface area (Å²) in [6.45, 7) is 4.30. The summed E-state index contributed by atoms with van der Waals surface area (Å²) in [5, 5.41) is 6.34. The largest absolute Gasteiger partial charge is 0.494 e. The number of benzene rings is 2. The quantitative estimate of drug-likeness (QED) is 0.579. The molecule has 29 heavy (non-hydrogen) atoms. The van der Waals surface area contributed by atoms with Crippen LogP contribution in [0, 0.1) is 6.92 Å². The monoisotopic (exact) mass is 415 g/mol. The fourth-order valence-corrected chi connectivity index (χ4v) is 3.44. The topological polar surface area (TPSA) is 111 Å². The standard InChI is InChI=1S/C20H21N3O5S/c1-3-12-27-17-8-4-15(5-9-17)20(24)21-16-6-10-18(11-7-16)29(25,26)23-19-13-14(2)28-22-19/h4-11,13H,3,12H2,1-2H3,(H,21,24)(H,22,23). The second-order valence-electron chi connectivity index (χ2n) is 6.28. The van der Waals surface area contributed by atoms with Crippen LogP contribution in [0.5, 0.6) is 5.75 Å². The van der Waals surface area contributed by atoms with Crippen LogP contribution in [0.15, 0.2) is 64.0 Å². The molecule has 0 saturated heterocycles. The highest BCUT2D eigenvalue weighted by Crippen LogP contribution is 2.19. The molecule has 2 aromatic carbocycles. The molecule has 0 fully saturated rings. The normalized spacial score (nSPS) is 11.1. The first-order chi connectivity index (χ1) is 13.9. The van der Waals surface area contributed by atoms with Crippen LogP contribution >= 0.6 is 0 Å². The molecule has 0 unspecified atom stereocenters. The lowest BCUT2D eigenvalue weighted by Gasteiger charge is -2.09. The number of ether oxygens (including phenoxy) is 1. The maximum Gasteiger partial charge on any atom is 0.263 e. The predicted molar refractivity (Wildman–Crippen MR) is 109 cm³/mol. The number of amides is 1. The predicted octanol–water partition coefficient (Wildman–Crippen LogP) is 3.82. The van der Waals surface area contributed by atoms with Crippen LogP contribution in [0.4, 0.5) is 11.5 Å². The number of rotatable bonds is 8. The van der Waals surface area contributed by atoms with Gasteiger partial charge < -0.3 is 14.6 Å². The lowest BCUT2D eigenvalue weighted by Crippen LogP contribution is -2.14. The van der Waals surface area contributed by atoms with Crippen LogP contribution in [0.25, 0.3) is 0 Å². The van der Waals surface area contributed by atoms with E-state index in [9.17, 15) is 13.2 Å². The van der Waals surface area contributed by atoms with Crippen molar-refractivity contribution in [1.29, 1.82) is 0 Å². The Bertz CT molecular complexity index is 1070. The van der Waals surface area contributed by atoms with Gasteiger partial charge in [0.05, 0.1) is 11.5 Å². The molecule has 152 valence electrons. The van der Waals surface area contributed by atoms with E-state index in [-0.39, 0.29) is 16.6 Å². The van der Waals surface area contributed by atoms with E-state index in [0.717, 1.165) is 6.42 Å². The van der Waals surface area contributed by atoms with Crippen molar-refractivity contribution in [2.24, 2.45) is 0 Å². The van der Waals surface area contributed by atoms with E-state index in [4.69, 9.17) is 9.26 Å². The number of carbonyl (C=O) groups is 1.